The summed E-state index contributed by atoms with van der Waals surface area (Å²) in [6.07, 6.45) is 1.75. The summed E-state index contributed by atoms with van der Waals surface area (Å²) in [6.45, 7) is 2.05. The number of carbonyl (C=O) groups excluding carboxylic acids is 1. The minimum atomic E-state index is -0.338. The van der Waals surface area contributed by atoms with Crippen LogP contribution < -0.4 is 0 Å². The van der Waals surface area contributed by atoms with Crippen molar-refractivity contribution in [3.8, 4) is 5.69 Å². The summed E-state index contributed by atoms with van der Waals surface area (Å²) in [5.74, 6) is -0.338. The van der Waals surface area contributed by atoms with Crippen molar-refractivity contribution in [3.05, 3.63) is 59.8 Å². The molecule has 1 heterocycles. The number of hydrogen-bond acceptors (Lipinski definition) is 3. The first kappa shape index (κ1) is 12.4. The highest BCUT2D eigenvalue weighted by Crippen LogP contribution is 2.20. The van der Waals surface area contributed by atoms with E-state index in [2.05, 4.69) is 5.10 Å². The molecular formula is C16H14N2O2. The summed E-state index contributed by atoms with van der Waals surface area (Å²) < 4.78 is 6.58. The smallest absolute Gasteiger partial charge is 0.337 e. The minimum Gasteiger partial charge on any atom is -0.465 e. The summed E-state index contributed by atoms with van der Waals surface area (Å²) in [5.41, 5.74) is 3.69. The second-order valence-electron chi connectivity index (χ2n) is 4.66. The Balaban J connectivity index is 2.10. The number of ether oxygens (including phenoxy) is 1. The van der Waals surface area contributed by atoms with Gasteiger partial charge in [0, 0.05) is 5.39 Å². The quantitative estimate of drug-likeness (QED) is 0.669. The Morgan fingerprint density at radius 1 is 1.15 bits per heavy atom. The molecule has 0 aliphatic rings. The van der Waals surface area contributed by atoms with Gasteiger partial charge < -0.3 is 4.74 Å². The zero-order valence-corrected chi connectivity index (χ0v) is 11.3. The van der Waals surface area contributed by atoms with Crippen LogP contribution >= 0.6 is 0 Å². The van der Waals surface area contributed by atoms with E-state index in [1.807, 2.05) is 41.9 Å². The number of rotatable bonds is 2. The van der Waals surface area contributed by atoms with E-state index < -0.39 is 0 Å². The van der Waals surface area contributed by atoms with E-state index in [9.17, 15) is 4.79 Å². The van der Waals surface area contributed by atoms with Crippen molar-refractivity contribution in [1.82, 2.24) is 9.78 Å². The van der Waals surface area contributed by atoms with Crippen LogP contribution in [0.5, 0.6) is 0 Å². The van der Waals surface area contributed by atoms with E-state index in [-0.39, 0.29) is 5.97 Å². The Morgan fingerprint density at radius 3 is 2.60 bits per heavy atom. The topological polar surface area (TPSA) is 44.1 Å². The largest absolute Gasteiger partial charge is 0.465 e. The Labute approximate surface area is 116 Å². The maximum absolute atomic E-state index is 11.5. The molecule has 1 aromatic heterocycles. The van der Waals surface area contributed by atoms with Crippen LogP contribution in [0.1, 0.15) is 15.9 Å². The van der Waals surface area contributed by atoms with E-state index in [4.69, 9.17) is 4.74 Å². The Morgan fingerprint density at radius 2 is 1.90 bits per heavy atom. The highest BCUT2D eigenvalue weighted by Gasteiger charge is 2.09. The fourth-order valence-electron chi connectivity index (χ4n) is 2.17. The van der Waals surface area contributed by atoms with Crippen molar-refractivity contribution >= 4 is 16.9 Å². The molecule has 3 rings (SSSR count). The summed E-state index contributed by atoms with van der Waals surface area (Å²) in [7, 11) is 1.38. The van der Waals surface area contributed by atoms with Crippen LogP contribution in [0.2, 0.25) is 0 Å². The van der Waals surface area contributed by atoms with Crippen molar-refractivity contribution in [2.45, 2.75) is 6.92 Å². The number of nitrogens with zero attached hydrogens (tertiary/aromatic N) is 2. The Hall–Kier alpha value is -2.62. The molecule has 0 atom stereocenters. The first-order valence-electron chi connectivity index (χ1n) is 6.32. The number of fused-ring (bicyclic) bond motifs is 1. The molecule has 4 nitrogen and oxygen atoms in total. The summed E-state index contributed by atoms with van der Waals surface area (Å²) in [4.78, 5) is 11.5. The monoisotopic (exact) mass is 266 g/mol. The fourth-order valence-corrected chi connectivity index (χ4v) is 2.17. The van der Waals surface area contributed by atoms with Crippen LogP contribution in [-0.2, 0) is 4.74 Å². The summed E-state index contributed by atoms with van der Waals surface area (Å²) in [6, 6.07) is 13.6. The lowest BCUT2D eigenvalue weighted by molar-refractivity contribution is 0.0601. The lowest BCUT2D eigenvalue weighted by Crippen LogP contribution is -2.01. The van der Waals surface area contributed by atoms with Crippen molar-refractivity contribution < 1.29 is 9.53 Å². The van der Waals surface area contributed by atoms with Crippen LogP contribution in [0.3, 0.4) is 0 Å². The zero-order valence-electron chi connectivity index (χ0n) is 11.3. The molecule has 0 spiro atoms. The highest BCUT2D eigenvalue weighted by molar-refractivity contribution is 5.94. The highest BCUT2D eigenvalue weighted by atomic mass is 16.5. The molecule has 0 saturated heterocycles. The normalized spacial score (nSPS) is 10.7. The first-order chi connectivity index (χ1) is 9.69. The molecule has 0 aliphatic carbocycles. The lowest BCUT2D eigenvalue weighted by atomic mass is 10.1. The SMILES string of the molecule is COC(=O)c1ccc2c(cnn2-c2ccc(C)cc2)c1. The van der Waals surface area contributed by atoms with Gasteiger partial charge in [-0.25, -0.2) is 9.48 Å². The molecule has 2 aromatic carbocycles. The second-order valence-corrected chi connectivity index (χ2v) is 4.66. The molecule has 0 saturated carbocycles. The Bertz CT molecular complexity index is 773. The molecule has 0 aliphatic heterocycles. The number of esters is 1. The summed E-state index contributed by atoms with van der Waals surface area (Å²) >= 11 is 0. The van der Waals surface area contributed by atoms with E-state index in [1.165, 1.54) is 12.7 Å². The number of aromatic nitrogens is 2. The van der Waals surface area contributed by atoms with Crippen LogP contribution in [0, 0.1) is 6.92 Å². The van der Waals surface area contributed by atoms with E-state index in [0.29, 0.717) is 5.56 Å². The molecule has 0 fully saturated rings. The number of aryl methyl sites for hydroxylation is 1. The molecule has 20 heavy (non-hydrogen) atoms. The number of methoxy groups -OCH3 is 1. The lowest BCUT2D eigenvalue weighted by Gasteiger charge is -2.04. The molecule has 0 bridgehead atoms. The third kappa shape index (κ3) is 2.05. The van der Waals surface area contributed by atoms with Crippen LogP contribution in [0.25, 0.3) is 16.6 Å². The van der Waals surface area contributed by atoms with Gasteiger partial charge in [0.15, 0.2) is 0 Å². The van der Waals surface area contributed by atoms with Gasteiger partial charge in [-0.1, -0.05) is 17.7 Å². The zero-order chi connectivity index (χ0) is 14.1. The van der Waals surface area contributed by atoms with Gasteiger partial charge in [-0.3, -0.25) is 0 Å². The third-order valence-electron chi connectivity index (χ3n) is 3.27. The number of hydrogen-bond donors (Lipinski definition) is 0. The van der Waals surface area contributed by atoms with E-state index >= 15 is 0 Å². The van der Waals surface area contributed by atoms with Gasteiger partial charge in [0.25, 0.3) is 0 Å². The predicted octanol–water partition coefficient (Wildman–Crippen LogP) is 3.12. The van der Waals surface area contributed by atoms with Crippen molar-refractivity contribution in [2.24, 2.45) is 0 Å². The predicted molar refractivity (Wildman–Crippen MR) is 77.1 cm³/mol. The molecule has 0 unspecified atom stereocenters. The molecule has 4 heteroatoms. The van der Waals surface area contributed by atoms with Crippen molar-refractivity contribution in [3.63, 3.8) is 0 Å². The Kier molecular flexibility index (Phi) is 2.99. The standard InChI is InChI=1S/C16H14N2O2/c1-11-3-6-14(7-4-11)18-15-8-5-12(16(19)20-2)9-13(15)10-17-18/h3-10H,1-2H3. The van der Waals surface area contributed by atoms with Gasteiger partial charge in [-0.2, -0.15) is 5.10 Å². The van der Waals surface area contributed by atoms with Gasteiger partial charge >= 0.3 is 5.97 Å². The average molecular weight is 266 g/mol. The molecule has 0 radical (unpaired) electrons. The number of carbonyl (C=O) groups is 1. The van der Waals surface area contributed by atoms with Crippen LogP contribution in [0.4, 0.5) is 0 Å². The van der Waals surface area contributed by atoms with Gasteiger partial charge in [-0.15, -0.1) is 0 Å². The molecule has 0 N–H and O–H groups in total. The molecular weight excluding hydrogens is 252 g/mol. The maximum atomic E-state index is 11.5. The average Bonchev–Trinajstić information content (AvgIpc) is 2.90. The van der Waals surface area contributed by atoms with Crippen molar-refractivity contribution in [2.75, 3.05) is 7.11 Å². The fraction of sp³-hybridized carbons (Fsp3) is 0.125. The van der Waals surface area contributed by atoms with Gasteiger partial charge in [-0.05, 0) is 37.3 Å². The number of benzene rings is 2. The maximum Gasteiger partial charge on any atom is 0.337 e. The second kappa shape index (κ2) is 4.81. The summed E-state index contributed by atoms with van der Waals surface area (Å²) in [5, 5.41) is 5.30. The van der Waals surface area contributed by atoms with Crippen molar-refractivity contribution in [1.29, 1.82) is 0 Å². The van der Waals surface area contributed by atoms with Crippen LogP contribution in [-0.4, -0.2) is 22.9 Å². The third-order valence-corrected chi connectivity index (χ3v) is 3.27. The molecule has 3 aromatic rings. The van der Waals surface area contributed by atoms with E-state index in [0.717, 1.165) is 16.6 Å². The minimum absolute atomic E-state index is 0.338. The van der Waals surface area contributed by atoms with Gasteiger partial charge in [0.05, 0.1) is 30.1 Å². The molecule has 0 amide bonds. The van der Waals surface area contributed by atoms with E-state index in [1.54, 1.807) is 18.3 Å². The van der Waals surface area contributed by atoms with Gasteiger partial charge in [0.2, 0.25) is 0 Å². The first-order valence-corrected chi connectivity index (χ1v) is 6.32. The van der Waals surface area contributed by atoms with Gasteiger partial charge in [0.1, 0.15) is 0 Å². The van der Waals surface area contributed by atoms with Crippen LogP contribution in [0.15, 0.2) is 48.7 Å². The molecule has 100 valence electrons.